The third kappa shape index (κ3) is 7.35. The first-order valence-corrected chi connectivity index (χ1v) is 10.8. The summed E-state index contributed by atoms with van der Waals surface area (Å²) in [6.07, 6.45) is 0.174. The molecule has 0 saturated heterocycles. The molecule has 0 spiro atoms. The van der Waals surface area contributed by atoms with Gasteiger partial charge in [0.25, 0.3) is 0 Å². The molecule has 7 heteroatoms. The summed E-state index contributed by atoms with van der Waals surface area (Å²) in [5.74, 6) is -0.208. The summed E-state index contributed by atoms with van der Waals surface area (Å²) < 4.78 is 24.5. The lowest BCUT2D eigenvalue weighted by Gasteiger charge is -2.20. The van der Waals surface area contributed by atoms with E-state index in [-0.39, 0.29) is 12.1 Å². The summed E-state index contributed by atoms with van der Waals surface area (Å²) in [5, 5.41) is 5.38. The van der Waals surface area contributed by atoms with Crippen LogP contribution in [0.1, 0.15) is 40.9 Å². The monoisotopic (exact) mass is 450 g/mol. The lowest BCUT2D eigenvalue weighted by molar-refractivity contribution is 0.0526. The predicted octanol–water partition coefficient (Wildman–Crippen LogP) is 5.64. The van der Waals surface area contributed by atoms with E-state index < -0.39 is 11.8 Å². The minimum atomic E-state index is -0.429. The molecule has 33 heavy (non-hydrogen) atoms. The summed E-state index contributed by atoms with van der Waals surface area (Å²) in [5.41, 5.74) is 2.92. The highest BCUT2D eigenvalue weighted by Gasteiger charge is 2.15. The standard InChI is InChI=1S/C26H27FN2O4/c1-3-32-25(30)20-11-13-23(14-12-20)33-24(19-9-7-18(2)8-10-19)15-16-28-26(31)29-22-6-4-5-21(27)17-22/h4-14,17,24H,3,15-16H2,1-2H3,(H2,28,29,31). The number of carbonyl (C=O) groups is 2. The molecule has 0 aliphatic carbocycles. The van der Waals surface area contributed by atoms with Crippen LogP contribution < -0.4 is 15.4 Å². The fraction of sp³-hybridized carbons (Fsp3) is 0.231. The van der Waals surface area contributed by atoms with Gasteiger partial charge in [0.15, 0.2) is 0 Å². The zero-order valence-corrected chi connectivity index (χ0v) is 18.6. The van der Waals surface area contributed by atoms with Crippen molar-refractivity contribution in [3.8, 4) is 5.75 Å². The van der Waals surface area contributed by atoms with Gasteiger partial charge in [0.05, 0.1) is 12.2 Å². The molecule has 0 aliphatic rings. The second-order valence-electron chi connectivity index (χ2n) is 7.44. The zero-order valence-electron chi connectivity index (χ0n) is 18.6. The normalized spacial score (nSPS) is 11.4. The largest absolute Gasteiger partial charge is 0.486 e. The van der Waals surface area contributed by atoms with Gasteiger partial charge in [-0.3, -0.25) is 0 Å². The van der Waals surface area contributed by atoms with Crippen molar-refractivity contribution in [2.45, 2.75) is 26.4 Å². The van der Waals surface area contributed by atoms with Crippen LogP contribution in [0.4, 0.5) is 14.9 Å². The number of hydrogen-bond donors (Lipinski definition) is 2. The Balaban J connectivity index is 1.63. The average molecular weight is 451 g/mol. The maximum atomic E-state index is 13.3. The van der Waals surface area contributed by atoms with Gasteiger partial charge in [-0.1, -0.05) is 35.9 Å². The number of nitrogens with one attached hydrogen (secondary N) is 2. The van der Waals surface area contributed by atoms with Crippen LogP contribution in [0.25, 0.3) is 0 Å². The number of urea groups is 1. The van der Waals surface area contributed by atoms with Crippen LogP contribution in [-0.4, -0.2) is 25.2 Å². The molecule has 3 aromatic rings. The molecule has 2 N–H and O–H groups in total. The minimum absolute atomic E-state index is 0.312. The number of aryl methyl sites for hydroxylation is 1. The van der Waals surface area contributed by atoms with Crippen molar-refractivity contribution in [2.24, 2.45) is 0 Å². The van der Waals surface area contributed by atoms with E-state index in [4.69, 9.17) is 9.47 Å². The van der Waals surface area contributed by atoms with Gasteiger partial charge in [-0.05, 0) is 61.9 Å². The van der Waals surface area contributed by atoms with E-state index in [9.17, 15) is 14.0 Å². The van der Waals surface area contributed by atoms with Crippen molar-refractivity contribution < 1.29 is 23.5 Å². The number of halogens is 1. The highest BCUT2D eigenvalue weighted by molar-refractivity contribution is 5.89. The van der Waals surface area contributed by atoms with Crippen LogP contribution in [0.5, 0.6) is 5.75 Å². The van der Waals surface area contributed by atoms with Gasteiger partial charge >= 0.3 is 12.0 Å². The molecule has 172 valence electrons. The van der Waals surface area contributed by atoms with E-state index in [1.807, 2.05) is 31.2 Å². The first-order chi connectivity index (χ1) is 15.9. The first kappa shape index (κ1) is 23.8. The first-order valence-electron chi connectivity index (χ1n) is 10.8. The van der Waals surface area contributed by atoms with E-state index >= 15 is 0 Å². The number of amides is 2. The molecule has 0 aromatic heterocycles. The molecule has 0 aliphatic heterocycles. The SMILES string of the molecule is CCOC(=O)c1ccc(OC(CCNC(=O)Nc2cccc(F)c2)c2ccc(C)cc2)cc1. The molecule has 3 rings (SSSR count). The van der Waals surface area contributed by atoms with Crippen LogP contribution in [0.2, 0.25) is 0 Å². The Labute approximate surface area is 192 Å². The summed E-state index contributed by atoms with van der Waals surface area (Å²) in [4.78, 5) is 24.0. The number of hydrogen-bond acceptors (Lipinski definition) is 4. The Kier molecular flexibility index (Phi) is 8.41. The third-order valence-corrected chi connectivity index (χ3v) is 4.87. The van der Waals surface area contributed by atoms with E-state index in [0.29, 0.717) is 36.6 Å². The molecule has 0 heterocycles. The number of rotatable bonds is 9. The summed E-state index contributed by atoms with van der Waals surface area (Å²) in [6.45, 7) is 4.41. The maximum absolute atomic E-state index is 13.3. The van der Waals surface area contributed by atoms with Gasteiger partial charge in [0, 0.05) is 18.7 Å². The zero-order chi connectivity index (χ0) is 23.6. The Bertz CT molecular complexity index is 1070. The number of benzene rings is 3. The lowest BCUT2D eigenvalue weighted by atomic mass is 10.0. The predicted molar refractivity (Wildman–Crippen MR) is 125 cm³/mol. The van der Waals surface area contributed by atoms with Crippen molar-refractivity contribution in [1.82, 2.24) is 5.32 Å². The quantitative estimate of drug-likeness (QED) is 0.414. The fourth-order valence-corrected chi connectivity index (χ4v) is 3.18. The van der Waals surface area contributed by atoms with Gasteiger partial charge in [-0.15, -0.1) is 0 Å². The summed E-state index contributed by atoms with van der Waals surface area (Å²) in [7, 11) is 0. The molecule has 0 saturated carbocycles. The molecule has 1 atom stereocenters. The van der Waals surface area contributed by atoms with Gasteiger partial charge in [-0.2, -0.15) is 0 Å². The second kappa shape index (κ2) is 11.7. The minimum Gasteiger partial charge on any atom is -0.486 e. The number of anilines is 1. The highest BCUT2D eigenvalue weighted by Crippen LogP contribution is 2.25. The number of esters is 1. The van der Waals surface area contributed by atoms with Gasteiger partial charge in [-0.25, -0.2) is 14.0 Å². The number of ether oxygens (including phenoxy) is 2. The maximum Gasteiger partial charge on any atom is 0.338 e. The molecule has 3 aromatic carbocycles. The molecule has 1 unspecified atom stereocenters. The van der Waals surface area contributed by atoms with Gasteiger partial charge in [0.1, 0.15) is 17.7 Å². The molecule has 0 fully saturated rings. The molecule has 0 bridgehead atoms. The lowest BCUT2D eigenvalue weighted by Crippen LogP contribution is -2.30. The van der Waals surface area contributed by atoms with Crippen LogP contribution >= 0.6 is 0 Å². The summed E-state index contributed by atoms with van der Waals surface area (Å²) in [6, 6.07) is 20.0. The number of carbonyl (C=O) groups excluding carboxylic acids is 2. The fourth-order valence-electron chi connectivity index (χ4n) is 3.18. The Hall–Kier alpha value is -3.87. The Morgan fingerprint density at radius 1 is 1.00 bits per heavy atom. The smallest absolute Gasteiger partial charge is 0.338 e. The Morgan fingerprint density at radius 3 is 2.39 bits per heavy atom. The average Bonchev–Trinajstić information content (AvgIpc) is 2.79. The van der Waals surface area contributed by atoms with Crippen LogP contribution in [0, 0.1) is 12.7 Å². The molecular weight excluding hydrogens is 423 g/mol. The van der Waals surface area contributed by atoms with Crippen molar-refractivity contribution in [2.75, 3.05) is 18.5 Å². The van der Waals surface area contributed by atoms with Gasteiger partial charge < -0.3 is 20.1 Å². The van der Waals surface area contributed by atoms with Gasteiger partial charge in [0.2, 0.25) is 0 Å². The van der Waals surface area contributed by atoms with Crippen LogP contribution in [0.15, 0.2) is 72.8 Å². The topological polar surface area (TPSA) is 76.7 Å². The van der Waals surface area contributed by atoms with E-state index in [1.54, 1.807) is 37.3 Å². The molecular formula is C26H27FN2O4. The Morgan fingerprint density at radius 2 is 1.73 bits per heavy atom. The van der Waals surface area contributed by atoms with E-state index in [0.717, 1.165) is 11.1 Å². The molecule has 2 amide bonds. The van der Waals surface area contributed by atoms with Crippen LogP contribution in [-0.2, 0) is 4.74 Å². The van der Waals surface area contributed by atoms with E-state index in [1.165, 1.54) is 18.2 Å². The van der Waals surface area contributed by atoms with Crippen molar-refractivity contribution in [1.29, 1.82) is 0 Å². The summed E-state index contributed by atoms with van der Waals surface area (Å²) >= 11 is 0. The van der Waals surface area contributed by atoms with Crippen molar-refractivity contribution in [3.05, 3.63) is 95.3 Å². The molecule has 0 radical (unpaired) electrons. The van der Waals surface area contributed by atoms with Crippen LogP contribution in [0.3, 0.4) is 0 Å². The van der Waals surface area contributed by atoms with Crippen molar-refractivity contribution >= 4 is 17.7 Å². The molecule has 6 nitrogen and oxygen atoms in total. The second-order valence-corrected chi connectivity index (χ2v) is 7.44. The van der Waals surface area contributed by atoms with Crippen molar-refractivity contribution in [3.63, 3.8) is 0 Å². The third-order valence-electron chi connectivity index (χ3n) is 4.87. The van der Waals surface area contributed by atoms with E-state index in [2.05, 4.69) is 10.6 Å². The highest BCUT2D eigenvalue weighted by atomic mass is 19.1.